The lowest BCUT2D eigenvalue weighted by Crippen LogP contribution is -2.26. The van der Waals surface area contributed by atoms with Crippen LogP contribution < -0.4 is 5.32 Å². The topological polar surface area (TPSA) is 12.0 Å². The van der Waals surface area contributed by atoms with Crippen LogP contribution in [0.4, 0.5) is 4.39 Å². The van der Waals surface area contributed by atoms with Crippen molar-refractivity contribution in [3.05, 3.63) is 58.9 Å². The van der Waals surface area contributed by atoms with Crippen molar-refractivity contribution in [2.75, 3.05) is 13.1 Å². The summed E-state index contributed by atoms with van der Waals surface area (Å²) in [6.45, 7) is 2.14. The van der Waals surface area contributed by atoms with E-state index in [4.69, 9.17) is 11.6 Å². The van der Waals surface area contributed by atoms with Gasteiger partial charge in [-0.15, -0.1) is 0 Å². The molecule has 1 fully saturated rings. The zero-order chi connectivity index (χ0) is 14.7. The predicted octanol–water partition coefficient (Wildman–Crippen LogP) is 5.10. The van der Waals surface area contributed by atoms with E-state index in [0.29, 0.717) is 10.9 Å². The summed E-state index contributed by atoms with van der Waals surface area (Å²) in [5.41, 5.74) is 1.38. The van der Waals surface area contributed by atoms with Crippen LogP contribution in [0.5, 0.6) is 0 Å². The highest BCUT2D eigenvalue weighted by atomic mass is 35.5. The van der Waals surface area contributed by atoms with Crippen molar-refractivity contribution in [3.63, 3.8) is 0 Å². The van der Waals surface area contributed by atoms with E-state index in [1.165, 1.54) is 22.6 Å². The molecule has 0 aromatic heterocycles. The molecule has 3 rings (SSSR count). The number of benzene rings is 2. The molecular weight excluding hydrogens is 305 g/mol. The Bertz CT molecular complexity index is 626. The van der Waals surface area contributed by atoms with Gasteiger partial charge in [0.05, 0.1) is 5.02 Å². The molecule has 0 radical (unpaired) electrons. The quantitative estimate of drug-likeness (QED) is 0.844. The van der Waals surface area contributed by atoms with E-state index in [1.54, 1.807) is 17.8 Å². The summed E-state index contributed by atoms with van der Waals surface area (Å²) in [4.78, 5) is 2.12. The maximum absolute atomic E-state index is 13.2. The number of hydrogen-bond donors (Lipinski definition) is 1. The zero-order valence-electron chi connectivity index (χ0n) is 11.6. The molecule has 1 saturated heterocycles. The highest BCUT2D eigenvalue weighted by Crippen LogP contribution is 2.39. The fraction of sp³-hybridized carbons (Fsp3) is 0.294. The first-order valence-electron chi connectivity index (χ1n) is 7.16. The normalized spacial score (nSPS) is 16.1. The summed E-state index contributed by atoms with van der Waals surface area (Å²) in [5.74, 6) is 0.296. The fourth-order valence-corrected chi connectivity index (χ4v) is 4.03. The molecule has 1 N–H and O–H groups in total. The van der Waals surface area contributed by atoms with Gasteiger partial charge in [0, 0.05) is 9.79 Å². The van der Waals surface area contributed by atoms with Gasteiger partial charge in [-0.05, 0) is 61.7 Å². The third-order valence-corrected chi connectivity index (χ3v) is 5.40. The van der Waals surface area contributed by atoms with Crippen molar-refractivity contribution in [1.82, 2.24) is 5.32 Å². The number of nitrogens with one attached hydrogen (secondary N) is 1. The summed E-state index contributed by atoms with van der Waals surface area (Å²) in [7, 11) is 0. The summed E-state index contributed by atoms with van der Waals surface area (Å²) >= 11 is 7.77. The van der Waals surface area contributed by atoms with Crippen LogP contribution in [0.25, 0.3) is 0 Å². The van der Waals surface area contributed by atoms with Crippen molar-refractivity contribution < 1.29 is 4.39 Å². The van der Waals surface area contributed by atoms with Crippen molar-refractivity contribution in [1.29, 1.82) is 0 Å². The van der Waals surface area contributed by atoms with Gasteiger partial charge >= 0.3 is 0 Å². The molecule has 4 heteroatoms. The lowest BCUT2D eigenvalue weighted by atomic mass is 9.90. The van der Waals surface area contributed by atoms with Gasteiger partial charge in [0.25, 0.3) is 0 Å². The SMILES string of the molecule is Fc1ccc(Sc2ccccc2C2CCNCC2)c(Cl)c1. The first kappa shape index (κ1) is 14.9. The molecule has 1 aliphatic rings. The Hall–Kier alpha value is -1.03. The molecule has 2 aromatic rings. The Morgan fingerprint density at radius 3 is 2.57 bits per heavy atom. The van der Waals surface area contributed by atoms with E-state index in [0.717, 1.165) is 30.8 Å². The molecule has 0 atom stereocenters. The van der Waals surface area contributed by atoms with E-state index in [-0.39, 0.29) is 5.82 Å². The molecular formula is C17H17ClFNS. The molecule has 110 valence electrons. The minimum Gasteiger partial charge on any atom is -0.317 e. The second-order valence-electron chi connectivity index (χ2n) is 5.24. The Labute approximate surface area is 133 Å². The van der Waals surface area contributed by atoms with Crippen LogP contribution in [0.15, 0.2) is 52.3 Å². The minimum absolute atomic E-state index is 0.295. The Morgan fingerprint density at radius 2 is 1.81 bits per heavy atom. The summed E-state index contributed by atoms with van der Waals surface area (Å²) in [6.07, 6.45) is 2.32. The minimum atomic E-state index is -0.295. The van der Waals surface area contributed by atoms with E-state index in [1.807, 2.05) is 6.07 Å². The summed E-state index contributed by atoms with van der Waals surface area (Å²) in [6, 6.07) is 13.1. The second-order valence-corrected chi connectivity index (χ2v) is 6.73. The largest absolute Gasteiger partial charge is 0.317 e. The van der Waals surface area contributed by atoms with Gasteiger partial charge in [-0.1, -0.05) is 41.6 Å². The van der Waals surface area contributed by atoms with Gasteiger partial charge in [-0.25, -0.2) is 4.39 Å². The Balaban J connectivity index is 1.88. The maximum atomic E-state index is 13.2. The van der Waals surface area contributed by atoms with Crippen LogP contribution in [-0.4, -0.2) is 13.1 Å². The van der Waals surface area contributed by atoms with Crippen LogP contribution in [0.1, 0.15) is 24.3 Å². The van der Waals surface area contributed by atoms with Gasteiger partial charge in [0.15, 0.2) is 0 Å². The maximum Gasteiger partial charge on any atom is 0.124 e. The average Bonchev–Trinajstić information content (AvgIpc) is 2.51. The number of hydrogen-bond acceptors (Lipinski definition) is 2. The molecule has 0 spiro atoms. The van der Waals surface area contributed by atoms with Crippen molar-refractivity contribution >= 4 is 23.4 Å². The third kappa shape index (κ3) is 3.60. The second kappa shape index (κ2) is 6.82. The fourth-order valence-electron chi connectivity index (χ4n) is 2.72. The van der Waals surface area contributed by atoms with Crippen molar-refractivity contribution in [2.45, 2.75) is 28.6 Å². The lowest BCUT2D eigenvalue weighted by molar-refractivity contribution is 0.456. The first-order valence-corrected chi connectivity index (χ1v) is 8.36. The Morgan fingerprint density at radius 1 is 1.05 bits per heavy atom. The van der Waals surface area contributed by atoms with Crippen molar-refractivity contribution in [3.8, 4) is 0 Å². The molecule has 0 unspecified atom stereocenters. The zero-order valence-corrected chi connectivity index (χ0v) is 13.2. The van der Waals surface area contributed by atoms with Crippen LogP contribution >= 0.6 is 23.4 Å². The summed E-state index contributed by atoms with van der Waals surface area (Å²) < 4.78 is 13.2. The average molecular weight is 322 g/mol. The Kier molecular flexibility index (Phi) is 4.84. The van der Waals surface area contributed by atoms with Crippen LogP contribution in [-0.2, 0) is 0 Å². The molecule has 0 saturated carbocycles. The van der Waals surface area contributed by atoms with E-state index in [9.17, 15) is 4.39 Å². The van der Waals surface area contributed by atoms with Gasteiger partial charge in [-0.3, -0.25) is 0 Å². The highest BCUT2D eigenvalue weighted by molar-refractivity contribution is 7.99. The van der Waals surface area contributed by atoms with Crippen molar-refractivity contribution in [2.24, 2.45) is 0 Å². The van der Waals surface area contributed by atoms with Crippen LogP contribution in [0.3, 0.4) is 0 Å². The number of piperidine rings is 1. The standard InChI is InChI=1S/C17H17ClFNS/c18-15-11-13(19)5-6-17(15)21-16-4-2-1-3-14(16)12-7-9-20-10-8-12/h1-6,11-12,20H,7-10H2. The van der Waals surface area contributed by atoms with Gasteiger partial charge in [0.1, 0.15) is 5.82 Å². The van der Waals surface area contributed by atoms with Crippen LogP contribution in [0, 0.1) is 5.82 Å². The van der Waals surface area contributed by atoms with E-state index in [2.05, 4.69) is 23.5 Å². The lowest BCUT2D eigenvalue weighted by Gasteiger charge is -2.25. The number of rotatable bonds is 3. The predicted molar refractivity (Wildman–Crippen MR) is 86.8 cm³/mol. The van der Waals surface area contributed by atoms with Gasteiger partial charge in [-0.2, -0.15) is 0 Å². The molecule has 1 nitrogen and oxygen atoms in total. The molecule has 21 heavy (non-hydrogen) atoms. The van der Waals surface area contributed by atoms with Crippen LogP contribution in [0.2, 0.25) is 5.02 Å². The molecule has 1 aliphatic heterocycles. The molecule has 2 aromatic carbocycles. The van der Waals surface area contributed by atoms with E-state index >= 15 is 0 Å². The summed E-state index contributed by atoms with van der Waals surface area (Å²) in [5, 5.41) is 3.87. The molecule has 1 heterocycles. The molecule has 0 amide bonds. The third-order valence-electron chi connectivity index (χ3n) is 3.81. The van der Waals surface area contributed by atoms with Gasteiger partial charge < -0.3 is 5.32 Å². The monoisotopic (exact) mass is 321 g/mol. The van der Waals surface area contributed by atoms with Gasteiger partial charge in [0.2, 0.25) is 0 Å². The first-order chi connectivity index (χ1) is 10.2. The highest BCUT2D eigenvalue weighted by Gasteiger charge is 2.18. The molecule has 0 bridgehead atoms. The van der Waals surface area contributed by atoms with E-state index < -0.39 is 0 Å². The molecule has 0 aliphatic carbocycles. The smallest absolute Gasteiger partial charge is 0.124 e. The number of halogens is 2.